The lowest BCUT2D eigenvalue weighted by molar-refractivity contribution is -0.192. The SMILES string of the molecule is CNC(=O)C1COC2(CN(C(=O)c3cc(OC)ccc3Cl)C2)CN1C.O=C(O)C(F)(F)F. The zero-order valence-corrected chi connectivity index (χ0v) is 18.3. The van der Waals surface area contributed by atoms with Crippen LogP contribution in [0.4, 0.5) is 13.2 Å². The fourth-order valence-electron chi connectivity index (χ4n) is 3.39. The summed E-state index contributed by atoms with van der Waals surface area (Å²) in [5.74, 6) is -2.38. The summed E-state index contributed by atoms with van der Waals surface area (Å²) < 4.78 is 42.8. The Morgan fingerprint density at radius 1 is 1.28 bits per heavy atom. The number of morpholine rings is 1. The van der Waals surface area contributed by atoms with E-state index in [1.54, 1.807) is 37.3 Å². The van der Waals surface area contributed by atoms with Crippen molar-refractivity contribution in [2.75, 3.05) is 47.4 Å². The predicted molar refractivity (Wildman–Crippen MR) is 107 cm³/mol. The fraction of sp³-hybridized carbons (Fsp3) is 0.526. The van der Waals surface area contributed by atoms with Gasteiger partial charge in [-0.15, -0.1) is 0 Å². The molecule has 13 heteroatoms. The normalized spacial score (nSPS) is 20.0. The molecule has 0 radical (unpaired) electrons. The third-order valence-corrected chi connectivity index (χ3v) is 5.39. The summed E-state index contributed by atoms with van der Waals surface area (Å²) in [5, 5.41) is 10.2. The zero-order valence-electron chi connectivity index (χ0n) is 17.5. The van der Waals surface area contributed by atoms with Gasteiger partial charge in [-0.25, -0.2) is 4.79 Å². The molecule has 3 rings (SSSR count). The molecule has 2 aliphatic rings. The van der Waals surface area contributed by atoms with Crippen molar-refractivity contribution in [1.29, 1.82) is 0 Å². The molecule has 9 nitrogen and oxygen atoms in total. The molecule has 2 N–H and O–H groups in total. The molecule has 1 aromatic carbocycles. The monoisotopic (exact) mass is 481 g/mol. The van der Waals surface area contributed by atoms with E-state index in [9.17, 15) is 22.8 Å². The van der Waals surface area contributed by atoms with Crippen LogP contribution in [-0.2, 0) is 14.3 Å². The Hall–Kier alpha value is -2.57. The molecule has 0 saturated carbocycles. The molecule has 2 heterocycles. The second kappa shape index (κ2) is 9.92. The van der Waals surface area contributed by atoms with Crippen LogP contribution in [0.3, 0.4) is 0 Å². The van der Waals surface area contributed by atoms with Crippen LogP contribution in [0, 0.1) is 0 Å². The smallest absolute Gasteiger partial charge is 0.490 e. The second-order valence-electron chi connectivity index (χ2n) is 7.35. The van der Waals surface area contributed by atoms with Crippen LogP contribution in [0.1, 0.15) is 10.4 Å². The quantitative estimate of drug-likeness (QED) is 0.669. The minimum Gasteiger partial charge on any atom is -0.497 e. The van der Waals surface area contributed by atoms with Gasteiger partial charge >= 0.3 is 12.1 Å². The Kier molecular flexibility index (Phi) is 7.97. The molecular weight excluding hydrogens is 459 g/mol. The third kappa shape index (κ3) is 5.81. The number of carboxylic acid groups (broad SMARTS) is 1. The average molecular weight is 482 g/mol. The predicted octanol–water partition coefficient (Wildman–Crippen LogP) is 1.25. The van der Waals surface area contributed by atoms with E-state index in [0.717, 1.165) is 0 Å². The molecule has 2 aliphatic heterocycles. The van der Waals surface area contributed by atoms with Crippen LogP contribution in [0.15, 0.2) is 18.2 Å². The first kappa shape index (κ1) is 25.7. The van der Waals surface area contributed by atoms with Gasteiger partial charge in [0.05, 0.1) is 37.4 Å². The lowest BCUT2D eigenvalue weighted by Gasteiger charge is -2.54. The number of nitrogens with zero attached hydrogens (tertiary/aromatic N) is 2. The van der Waals surface area contributed by atoms with E-state index in [0.29, 0.717) is 42.6 Å². The van der Waals surface area contributed by atoms with Gasteiger partial charge in [0.25, 0.3) is 5.91 Å². The van der Waals surface area contributed by atoms with Gasteiger partial charge < -0.3 is 24.8 Å². The lowest BCUT2D eigenvalue weighted by atomic mass is 9.90. The van der Waals surface area contributed by atoms with Crippen molar-refractivity contribution in [3.63, 3.8) is 0 Å². The molecule has 178 valence electrons. The lowest BCUT2D eigenvalue weighted by Crippen LogP contribution is -2.73. The van der Waals surface area contributed by atoms with E-state index < -0.39 is 17.7 Å². The number of likely N-dealkylation sites (N-methyl/N-ethyl adjacent to an activating group) is 2. The molecular formula is C19H23ClF3N3O6. The standard InChI is InChI=1S/C17H22ClN3O4.C2HF3O2/c1-19-15(22)14-7-25-17(8-20(14)2)9-21(10-17)16(23)12-6-11(24-3)4-5-13(12)18;3-2(4,5)1(6)7/h4-6,14H,7-10H2,1-3H3,(H,19,22);(H,6,7). The van der Waals surface area contributed by atoms with Gasteiger partial charge in [0.1, 0.15) is 17.4 Å². The Labute approximate surface area is 187 Å². The number of hydrogen-bond donors (Lipinski definition) is 2. The van der Waals surface area contributed by atoms with Crippen LogP contribution in [0.2, 0.25) is 5.02 Å². The third-order valence-electron chi connectivity index (χ3n) is 5.06. The maximum absolute atomic E-state index is 12.7. The van der Waals surface area contributed by atoms with Crippen LogP contribution in [-0.4, -0.2) is 98.0 Å². The van der Waals surface area contributed by atoms with E-state index in [4.69, 9.17) is 31.0 Å². The van der Waals surface area contributed by atoms with Gasteiger partial charge in [0, 0.05) is 13.6 Å². The number of aliphatic carboxylic acids is 1. The molecule has 1 unspecified atom stereocenters. The summed E-state index contributed by atoms with van der Waals surface area (Å²) in [5.41, 5.74) is 0.00330. The summed E-state index contributed by atoms with van der Waals surface area (Å²) in [6.07, 6.45) is -5.08. The number of benzene rings is 1. The number of amides is 2. The summed E-state index contributed by atoms with van der Waals surface area (Å²) in [4.78, 5) is 37.1. The van der Waals surface area contributed by atoms with Gasteiger partial charge in [-0.3, -0.25) is 14.5 Å². The number of carbonyl (C=O) groups excluding carboxylic acids is 2. The van der Waals surface area contributed by atoms with Crippen LogP contribution in [0.5, 0.6) is 5.75 Å². The molecule has 0 aliphatic carbocycles. The first-order valence-corrected chi connectivity index (χ1v) is 9.70. The Morgan fingerprint density at radius 2 is 1.88 bits per heavy atom. The topological polar surface area (TPSA) is 108 Å². The average Bonchev–Trinajstić information content (AvgIpc) is 2.71. The van der Waals surface area contributed by atoms with Crippen molar-refractivity contribution in [1.82, 2.24) is 15.1 Å². The number of carboxylic acids is 1. The summed E-state index contributed by atoms with van der Waals surface area (Å²) >= 11 is 6.16. The molecule has 1 aromatic rings. The first-order valence-electron chi connectivity index (χ1n) is 9.32. The van der Waals surface area contributed by atoms with Crippen molar-refractivity contribution >= 4 is 29.4 Å². The van der Waals surface area contributed by atoms with Crippen molar-refractivity contribution < 1.29 is 42.1 Å². The van der Waals surface area contributed by atoms with Crippen molar-refractivity contribution in [2.45, 2.75) is 17.8 Å². The Balaban J connectivity index is 0.000000451. The number of methoxy groups -OCH3 is 1. The number of rotatable bonds is 3. The molecule has 1 spiro atoms. The minimum atomic E-state index is -5.08. The fourth-order valence-corrected chi connectivity index (χ4v) is 3.58. The van der Waals surface area contributed by atoms with Gasteiger partial charge in [-0.2, -0.15) is 13.2 Å². The van der Waals surface area contributed by atoms with Crippen molar-refractivity contribution in [2.24, 2.45) is 0 Å². The van der Waals surface area contributed by atoms with Crippen LogP contribution >= 0.6 is 11.6 Å². The van der Waals surface area contributed by atoms with E-state index in [1.165, 1.54) is 0 Å². The van der Waals surface area contributed by atoms with Gasteiger partial charge in [-0.05, 0) is 25.2 Å². The Bertz CT molecular complexity index is 876. The molecule has 2 saturated heterocycles. The maximum atomic E-state index is 12.7. The van der Waals surface area contributed by atoms with E-state index in [-0.39, 0.29) is 17.9 Å². The highest BCUT2D eigenvalue weighted by molar-refractivity contribution is 6.33. The zero-order chi connectivity index (χ0) is 24.3. The van der Waals surface area contributed by atoms with Gasteiger partial charge in [-0.1, -0.05) is 11.6 Å². The summed E-state index contributed by atoms with van der Waals surface area (Å²) in [6.45, 7) is 1.87. The number of likely N-dealkylation sites (tertiary alicyclic amines) is 1. The highest BCUT2D eigenvalue weighted by Gasteiger charge is 2.51. The molecule has 1 atom stereocenters. The summed E-state index contributed by atoms with van der Waals surface area (Å²) in [7, 11) is 5.06. The van der Waals surface area contributed by atoms with Gasteiger partial charge in [0.2, 0.25) is 5.91 Å². The number of hydrogen-bond acceptors (Lipinski definition) is 6. The highest BCUT2D eigenvalue weighted by Crippen LogP contribution is 2.33. The minimum absolute atomic E-state index is 0.0623. The second-order valence-corrected chi connectivity index (χ2v) is 7.76. The number of ether oxygens (including phenoxy) is 2. The number of alkyl halides is 3. The van der Waals surface area contributed by atoms with Crippen LogP contribution < -0.4 is 10.1 Å². The highest BCUT2D eigenvalue weighted by atomic mass is 35.5. The van der Waals surface area contributed by atoms with Gasteiger partial charge in [0.15, 0.2) is 0 Å². The molecule has 2 amide bonds. The summed E-state index contributed by atoms with van der Waals surface area (Å²) in [6, 6.07) is 4.72. The largest absolute Gasteiger partial charge is 0.497 e. The number of carbonyl (C=O) groups is 3. The Morgan fingerprint density at radius 3 is 2.34 bits per heavy atom. The van der Waals surface area contributed by atoms with E-state index >= 15 is 0 Å². The molecule has 2 fully saturated rings. The van der Waals surface area contributed by atoms with Crippen molar-refractivity contribution in [3.05, 3.63) is 28.8 Å². The van der Waals surface area contributed by atoms with Crippen molar-refractivity contribution in [3.8, 4) is 5.75 Å². The number of nitrogens with one attached hydrogen (secondary N) is 1. The molecule has 0 bridgehead atoms. The van der Waals surface area contributed by atoms with E-state index in [1.807, 2.05) is 11.9 Å². The van der Waals surface area contributed by atoms with E-state index in [2.05, 4.69) is 5.32 Å². The maximum Gasteiger partial charge on any atom is 0.490 e. The van der Waals surface area contributed by atoms with Crippen LogP contribution in [0.25, 0.3) is 0 Å². The molecule has 0 aromatic heterocycles. The molecule has 32 heavy (non-hydrogen) atoms. The first-order chi connectivity index (χ1) is 14.8. The number of halogens is 4.